The first-order chi connectivity index (χ1) is 12.0. The largest absolute Gasteiger partial charge is 0.478 e. The van der Waals surface area contributed by atoms with Crippen molar-refractivity contribution >= 4 is 23.7 Å². The van der Waals surface area contributed by atoms with E-state index in [1.165, 1.54) is 11.0 Å². The minimum absolute atomic E-state index is 0.108. The van der Waals surface area contributed by atoms with E-state index in [4.69, 9.17) is 4.74 Å². The molecule has 1 saturated heterocycles. The smallest absolute Gasteiger partial charge is 0.411 e. The third-order valence-electron chi connectivity index (χ3n) is 4.07. The molecule has 0 radical (unpaired) electrons. The summed E-state index contributed by atoms with van der Waals surface area (Å²) in [6.45, 7) is 11.1. The minimum atomic E-state index is -1.07. The molecule has 140 valence electrons. The lowest BCUT2D eigenvalue weighted by Crippen LogP contribution is -2.46. The summed E-state index contributed by atoms with van der Waals surface area (Å²) in [7, 11) is 0. The normalized spacial score (nSPS) is 17.2. The van der Waals surface area contributed by atoms with Crippen LogP contribution in [0.4, 0.5) is 10.5 Å². The van der Waals surface area contributed by atoms with Crippen molar-refractivity contribution in [1.29, 1.82) is 0 Å². The lowest BCUT2D eigenvalue weighted by Gasteiger charge is -2.28. The monoisotopic (exact) mass is 360 g/mol. The molecule has 1 aliphatic heterocycles. The molecule has 1 atom stereocenters. The zero-order valence-electron chi connectivity index (χ0n) is 15.5. The molecule has 0 spiro atoms. The van der Waals surface area contributed by atoms with Crippen LogP contribution in [-0.2, 0) is 9.53 Å². The van der Waals surface area contributed by atoms with Crippen LogP contribution < -0.4 is 5.32 Å². The number of carboxylic acids is 1. The number of amides is 2. The van der Waals surface area contributed by atoms with Crippen molar-refractivity contribution in [2.75, 3.05) is 11.9 Å². The van der Waals surface area contributed by atoms with E-state index in [2.05, 4.69) is 11.9 Å². The molecular formula is C19H24N2O5. The van der Waals surface area contributed by atoms with Crippen molar-refractivity contribution in [1.82, 2.24) is 4.90 Å². The summed E-state index contributed by atoms with van der Waals surface area (Å²) >= 11 is 0. The van der Waals surface area contributed by atoms with Crippen LogP contribution in [0, 0.1) is 6.92 Å². The van der Waals surface area contributed by atoms with Gasteiger partial charge in [-0.05, 0) is 57.4 Å². The van der Waals surface area contributed by atoms with Gasteiger partial charge in [-0.2, -0.15) is 0 Å². The van der Waals surface area contributed by atoms with Crippen molar-refractivity contribution in [2.45, 2.75) is 45.8 Å². The lowest BCUT2D eigenvalue weighted by molar-refractivity contribution is -0.119. The highest BCUT2D eigenvalue weighted by Crippen LogP contribution is 2.27. The van der Waals surface area contributed by atoms with Crippen LogP contribution in [-0.4, -0.2) is 46.2 Å². The van der Waals surface area contributed by atoms with Crippen molar-refractivity contribution in [2.24, 2.45) is 0 Å². The maximum Gasteiger partial charge on any atom is 0.411 e. The quantitative estimate of drug-likeness (QED) is 0.807. The fourth-order valence-corrected chi connectivity index (χ4v) is 2.80. The number of carbonyl (C=O) groups is 3. The number of benzene rings is 1. The molecule has 0 bridgehead atoms. The van der Waals surface area contributed by atoms with Crippen molar-refractivity contribution in [3.05, 3.63) is 41.5 Å². The highest BCUT2D eigenvalue weighted by atomic mass is 16.6. The summed E-state index contributed by atoms with van der Waals surface area (Å²) in [5.74, 6) is -1.51. The van der Waals surface area contributed by atoms with Gasteiger partial charge in [0.25, 0.3) is 5.91 Å². The number of hydrogen-bond acceptors (Lipinski definition) is 4. The number of anilines is 1. The molecule has 2 amide bonds. The van der Waals surface area contributed by atoms with Gasteiger partial charge in [-0.25, -0.2) is 9.59 Å². The SMILES string of the molecule is C=C1CCN(C(=O)OC(C)(C)C)[C@@H]1C(=O)Nc1cccc(C(=O)O)c1C. The summed E-state index contributed by atoms with van der Waals surface area (Å²) < 4.78 is 5.36. The second kappa shape index (κ2) is 7.19. The summed E-state index contributed by atoms with van der Waals surface area (Å²) in [6.07, 6.45) is -0.0711. The third kappa shape index (κ3) is 4.22. The fraction of sp³-hybridized carbons (Fsp3) is 0.421. The molecule has 7 nitrogen and oxygen atoms in total. The molecule has 0 aromatic heterocycles. The summed E-state index contributed by atoms with van der Waals surface area (Å²) in [5, 5.41) is 11.9. The zero-order chi connectivity index (χ0) is 19.6. The standard InChI is InChI=1S/C19H24N2O5/c1-11-9-10-21(18(25)26-19(3,4)5)15(11)16(22)20-14-8-6-7-13(12(14)2)17(23)24/h6-8,15H,1,9-10H2,2-5H3,(H,20,22)(H,23,24)/t15-/m0/s1. The lowest BCUT2D eigenvalue weighted by atomic mass is 10.1. The predicted octanol–water partition coefficient (Wildman–Crippen LogP) is 3.20. The van der Waals surface area contributed by atoms with E-state index in [1.54, 1.807) is 39.8 Å². The Kier molecular flexibility index (Phi) is 5.39. The number of ether oxygens (including phenoxy) is 1. The van der Waals surface area contributed by atoms with Gasteiger partial charge < -0.3 is 15.2 Å². The Hall–Kier alpha value is -2.83. The molecule has 1 aliphatic rings. The molecule has 1 heterocycles. The summed E-state index contributed by atoms with van der Waals surface area (Å²) in [5.41, 5.74) is 0.881. The molecule has 0 saturated carbocycles. The van der Waals surface area contributed by atoms with Gasteiger partial charge >= 0.3 is 12.1 Å². The number of carboxylic acid groups (broad SMARTS) is 1. The molecule has 26 heavy (non-hydrogen) atoms. The Bertz CT molecular complexity index is 764. The number of hydrogen-bond donors (Lipinski definition) is 2. The van der Waals surface area contributed by atoms with E-state index in [0.717, 1.165) is 0 Å². The van der Waals surface area contributed by atoms with E-state index in [-0.39, 0.29) is 5.56 Å². The Morgan fingerprint density at radius 2 is 1.96 bits per heavy atom. The first-order valence-corrected chi connectivity index (χ1v) is 8.32. The maximum atomic E-state index is 12.8. The van der Waals surface area contributed by atoms with Crippen LogP contribution in [0.3, 0.4) is 0 Å². The number of aromatic carboxylic acids is 1. The number of nitrogens with zero attached hydrogens (tertiary/aromatic N) is 1. The molecule has 0 aliphatic carbocycles. The van der Waals surface area contributed by atoms with E-state index in [0.29, 0.717) is 29.8 Å². The highest BCUT2D eigenvalue weighted by Gasteiger charge is 2.39. The van der Waals surface area contributed by atoms with E-state index >= 15 is 0 Å². The third-order valence-corrected chi connectivity index (χ3v) is 4.07. The van der Waals surface area contributed by atoms with Crippen LogP contribution >= 0.6 is 0 Å². The molecular weight excluding hydrogens is 336 g/mol. The summed E-state index contributed by atoms with van der Waals surface area (Å²) in [4.78, 5) is 37.8. The van der Waals surface area contributed by atoms with Crippen molar-refractivity contribution < 1.29 is 24.2 Å². The summed E-state index contributed by atoms with van der Waals surface area (Å²) in [6, 6.07) is 3.79. The maximum absolute atomic E-state index is 12.8. The van der Waals surface area contributed by atoms with Crippen LogP contribution in [0.15, 0.2) is 30.4 Å². The first-order valence-electron chi connectivity index (χ1n) is 8.32. The molecule has 1 fully saturated rings. The van der Waals surface area contributed by atoms with Gasteiger partial charge in [-0.3, -0.25) is 9.69 Å². The van der Waals surface area contributed by atoms with Gasteiger partial charge in [0, 0.05) is 12.2 Å². The number of likely N-dealkylation sites (tertiary alicyclic amines) is 1. The second-order valence-electron chi connectivity index (χ2n) is 7.26. The van der Waals surface area contributed by atoms with Crippen molar-refractivity contribution in [3.8, 4) is 0 Å². The van der Waals surface area contributed by atoms with Gasteiger partial charge in [0.05, 0.1) is 5.56 Å². The molecule has 2 rings (SSSR count). The average Bonchev–Trinajstić information content (AvgIpc) is 2.89. The van der Waals surface area contributed by atoms with E-state index in [9.17, 15) is 19.5 Å². The molecule has 0 unspecified atom stereocenters. The molecule has 2 N–H and O–H groups in total. The van der Waals surface area contributed by atoms with Crippen molar-refractivity contribution in [3.63, 3.8) is 0 Å². The zero-order valence-corrected chi connectivity index (χ0v) is 15.5. The number of rotatable bonds is 3. The van der Waals surface area contributed by atoms with Crippen LogP contribution in [0.25, 0.3) is 0 Å². The Labute approximate surface area is 152 Å². The molecule has 7 heteroatoms. The average molecular weight is 360 g/mol. The van der Waals surface area contributed by atoms with Gasteiger partial charge in [0.2, 0.25) is 0 Å². The van der Waals surface area contributed by atoms with Crippen LogP contribution in [0.1, 0.15) is 43.1 Å². The van der Waals surface area contributed by atoms with E-state index in [1.807, 2.05) is 0 Å². The fourth-order valence-electron chi connectivity index (χ4n) is 2.80. The predicted molar refractivity (Wildman–Crippen MR) is 97.3 cm³/mol. The van der Waals surface area contributed by atoms with Crippen LogP contribution in [0.2, 0.25) is 0 Å². The Morgan fingerprint density at radius 1 is 1.31 bits per heavy atom. The van der Waals surface area contributed by atoms with Gasteiger partial charge in [0.15, 0.2) is 0 Å². The minimum Gasteiger partial charge on any atom is -0.478 e. The van der Waals surface area contributed by atoms with E-state index < -0.39 is 29.6 Å². The second-order valence-corrected chi connectivity index (χ2v) is 7.26. The van der Waals surface area contributed by atoms with Crippen LogP contribution in [0.5, 0.6) is 0 Å². The molecule has 1 aromatic rings. The topological polar surface area (TPSA) is 95.9 Å². The first kappa shape index (κ1) is 19.5. The van der Waals surface area contributed by atoms with Gasteiger partial charge in [0.1, 0.15) is 11.6 Å². The number of nitrogens with one attached hydrogen (secondary N) is 1. The Morgan fingerprint density at radius 3 is 2.54 bits per heavy atom. The van der Waals surface area contributed by atoms with Gasteiger partial charge in [-0.15, -0.1) is 0 Å². The number of carbonyl (C=O) groups excluding carboxylic acids is 2. The highest BCUT2D eigenvalue weighted by molar-refractivity contribution is 6.01. The van der Waals surface area contributed by atoms with Gasteiger partial charge in [-0.1, -0.05) is 12.6 Å². The molecule has 1 aromatic carbocycles. The Balaban J connectivity index is 2.22.